The third-order valence-corrected chi connectivity index (χ3v) is 10.7. The van der Waals surface area contributed by atoms with Crippen molar-refractivity contribution in [1.29, 1.82) is 0 Å². The number of nitrogens with zero attached hydrogens (tertiary/aromatic N) is 1. The Morgan fingerprint density at radius 2 is 1.92 bits per heavy atom. The third-order valence-electron chi connectivity index (χ3n) is 10.7. The molecule has 2 N–H and O–H groups in total. The molecule has 2 aliphatic carbocycles. The van der Waals surface area contributed by atoms with Crippen molar-refractivity contribution in [2.75, 3.05) is 20.3 Å². The van der Waals surface area contributed by atoms with E-state index in [4.69, 9.17) is 14.2 Å². The van der Waals surface area contributed by atoms with E-state index in [-0.39, 0.29) is 41.4 Å². The van der Waals surface area contributed by atoms with E-state index in [0.717, 1.165) is 44.4 Å². The number of carbonyl (C=O) groups excluding carboxylic acids is 1. The van der Waals surface area contributed by atoms with Crippen molar-refractivity contribution >= 4 is 5.97 Å². The summed E-state index contributed by atoms with van der Waals surface area (Å²) in [5.41, 5.74) is 0.646. The second-order valence-electron chi connectivity index (χ2n) is 12.3. The maximum atomic E-state index is 12.3. The van der Waals surface area contributed by atoms with Gasteiger partial charge in [-0.2, -0.15) is 0 Å². The monoisotopic (exact) mass is 513 g/mol. The molecule has 6 rings (SSSR count). The number of allylic oxidation sites excluding steroid dienone is 1. The molecule has 0 aromatic carbocycles. The molecule has 1 spiro atoms. The summed E-state index contributed by atoms with van der Waals surface area (Å²) in [5, 5.41) is 21.4. The van der Waals surface area contributed by atoms with Gasteiger partial charge in [-0.15, -0.1) is 0 Å². The van der Waals surface area contributed by atoms with Crippen molar-refractivity contribution in [2.45, 2.75) is 102 Å². The van der Waals surface area contributed by atoms with Gasteiger partial charge in [0.25, 0.3) is 0 Å². The van der Waals surface area contributed by atoms with Gasteiger partial charge in [0.05, 0.1) is 19.8 Å². The smallest absolute Gasteiger partial charge is 0.345 e. The Balaban J connectivity index is 1.24. The Kier molecular flexibility index (Phi) is 6.91. The van der Waals surface area contributed by atoms with Gasteiger partial charge in [-0.3, -0.25) is 4.90 Å². The minimum absolute atomic E-state index is 0.00433. The normalized spacial score (nSPS) is 38.2. The van der Waals surface area contributed by atoms with Crippen LogP contribution in [0.15, 0.2) is 34.7 Å². The number of hydrogen-bond donors (Lipinski definition) is 2. The van der Waals surface area contributed by atoms with Crippen LogP contribution < -0.4 is 0 Å². The zero-order valence-electron chi connectivity index (χ0n) is 22.4. The largest absolute Gasteiger partial charge is 0.492 e. The fourth-order valence-corrected chi connectivity index (χ4v) is 8.96. The van der Waals surface area contributed by atoms with Crippen LogP contribution in [0.25, 0.3) is 0 Å². The second-order valence-corrected chi connectivity index (χ2v) is 12.3. The van der Waals surface area contributed by atoms with Gasteiger partial charge in [0, 0.05) is 30.5 Å². The molecule has 0 radical (unpaired) electrons. The Hall–Kier alpha value is -1.83. The van der Waals surface area contributed by atoms with Crippen LogP contribution >= 0.6 is 0 Å². The molecule has 204 valence electrons. The standard InChI is InChI=1S/C30H43NO6/c1-18-25-22-10-5-9-21(23(33)16-19-8-6-14-30(19)12-3-4-13-30)31(22)15-7-11-24(25)36-26(18)28-27(35-2)20(17-32)29(34)37-28/h11,18-19,21-23,25,32-33H,3-10,12-17H2,1-2H3/t18-,19-,21-,22-,23-,25+/m0/s1. The Morgan fingerprint density at radius 3 is 2.68 bits per heavy atom. The molecule has 4 aliphatic heterocycles. The van der Waals surface area contributed by atoms with E-state index in [2.05, 4.69) is 17.9 Å². The molecule has 0 unspecified atom stereocenters. The van der Waals surface area contributed by atoms with Crippen molar-refractivity contribution in [1.82, 2.24) is 4.90 Å². The van der Waals surface area contributed by atoms with Gasteiger partial charge in [0.15, 0.2) is 11.5 Å². The fraction of sp³-hybridized carbons (Fsp3) is 0.767. The number of esters is 1. The number of piperidine rings is 1. The van der Waals surface area contributed by atoms with Crippen LogP contribution in [0.3, 0.4) is 0 Å². The van der Waals surface area contributed by atoms with E-state index in [9.17, 15) is 15.0 Å². The number of ether oxygens (including phenoxy) is 3. The van der Waals surface area contributed by atoms with E-state index in [1.807, 2.05) is 0 Å². The van der Waals surface area contributed by atoms with Crippen LogP contribution in [-0.2, 0) is 19.0 Å². The minimum Gasteiger partial charge on any atom is -0.492 e. The summed E-state index contributed by atoms with van der Waals surface area (Å²) in [6.07, 6.45) is 16.4. The zero-order valence-corrected chi connectivity index (χ0v) is 22.4. The van der Waals surface area contributed by atoms with E-state index < -0.39 is 12.6 Å². The number of hydrogen-bond acceptors (Lipinski definition) is 7. The summed E-state index contributed by atoms with van der Waals surface area (Å²) in [4.78, 5) is 14.9. The van der Waals surface area contributed by atoms with Crippen LogP contribution in [0, 0.1) is 23.2 Å². The minimum atomic E-state index is -0.576. The Bertz CT molecular complexity index is 1000. The van der Waals surface area contributed by atoms with Crippen LogP contribution in [-0.4, -0.2) is 59.5 Å². The molecule has 0 aromatic rings. The van der Waals surface area contributed by atoms with E-state index in [1.54, 1.807) is 0 Å². The quantitative estimate of drug-likeness (QED) is 0.522. The topological polar surface area (TPSA) is 88.5 Å². The molecule has 4 heterocycles. The van der Waals surface area contributed by atoms with Crippen LogP contribution in [0.5, 0.6) is 0 Å². The number of aliphatic hydroxyl groups is 2. The number of methoxy groups -OCH3 is 1. The molecule has 6 aliphatic rings. The van der Waals surface area contributed by atoms with Crippen LogP contribution in [0.1, 0.15) is 84.0 Å². The van der Waals surface area contributed by atoms with E-state index in [1.165, 1.54) is 52.1 Å². The van der Waals surface area contributed by atoms with Gasteiger partial charge >= 0.3 is 5.97 Å². The number of cyclic esters (lactones) is 1. The maximum absolute atomic E-state index is 12.3. The van der Waals surface area contributed by atoms with Crippen molar-refractivity contribution in [3.05, 3.63) is 34.7 Å². The molecule has 0 amide bonds. The highest BCUT2D eigenvalue weighted by Gasteiger charge is 2.51. The molecule has 6 atom stereocenters. The van der Waals surface area contributed by atoms with Crippen LogP contribution in [0.4, 0.5) is 0 Å². The lowest BCUT2D eigenvalue weighted by Crippen LogP contribution is -2.55. The third kappa shape index (κ3) is 4.16. The van der Waals surface area contributed by atoms with Crippen molar-refractivity contribution < 1.29 is 29.2 Å². The highest BCUT2D eigenvalue weighted by Crippen LogP contribution is 2.56. The first kappa shape index (κ1) is 25.4. The molecular weight excluding hydrogens is 470 g/mol. The molecule has 2 saturated heterocycles. The van der Waals surface area contributed by atoms with Crippen molar-refractivity contribution in [3.8, 4) is 0 Å². The second kappa shape index (κ2) is 10.0. The summed E-state index contributed by atoms with van der Waals surface area (Å²) in [5.74, 6) is 2.38. The number of carbonyl (C=O) groups is 1. The van der Waals surface area contributed by atoms with E-state index in [0.29, 0.717) is 22.9 Å². The summed E-state index contributed by atoms with van der Waals surface area (Å²) in [6.45, 7) is 2.65. The first-order chi connectivity index (χ1) is 18.0. The molecule has 7 heteroatoms. The molecule has 2 saturated carbocycles. The van der Waals surface area contributed by atoms with Crippen LogP contribution in [0.2, 0.25) is 0 Å². The zero-order chi connectivity index (χ0) is 25.7. The molecule has 7 nitrogen and oxygen atoms in total. The van der Waals surface area contributed by atoms with Gasteiger partial charge in [0.1, 0.15) is 11.3 Å². The first-order valence-corrected chi connectivity index (χ1v) is 14.6. The predicted molar refractivity (Wildman–Crippen MR) is 138 cm³/mol. The average Bonchev–Trinajstić information content (AvgIpc) is 3.64. The summed E-state index contributed by atoms with van der Waals surface area (Å²) in [7, 11) is 1.49. The van der Waals surface area contributed by atoms with Gasteiger partial charge in [-0.1, -0.05) is 32.6 Å². The summed E-state index contributed by atoms with van der Waals surface area (Å²) in [6, 6.07) is 0.470. The van der Waals surface area contributed by atoms with Gasteiger partial charge < -0.3 is 24.4 Å². The lowest BCUT2D eigenvalue weighted by Gasteiger charge is -2.47. The number of fused-ring (bicyclic) bond motifs is 3. The maximum Gasteiger partial charge on any atom is 0.345 e. The molecule has 0 bridgehead atoms. The number of rotatable bonds is 5. The SMILES string of the molecule is COC1=C(CO)C(=O)OC1=C1OC2=CCCN3[C@@H](CCC[C@H]3[C@@H](O)C[C@@H]3CCCC34CCCC4)[C@H]2[C@@H]1C. The van der Waals surface area contributed by atoms with E-state index >= 15 is 0 Å². The Labute approximate surface area is 220 Å². The highest BCUT2D eigenvalue weighted by atomic mass is 16.6. The highest BCUT2D eigenvalue weighted by molar-refractivity contribution is 5.94. The molecule has 37 heavy (non-hydrogen) atoms. The molecule has 4 fully saturated rings. The predicted octanol–water partition coefficient (Wildman–Crippen LogP) is 4.55. The van der Waals surface area contributed by atoms with Gasteiger partial charge in [0.2, 0.25) is 5.76 Å². The molecular formula is C30H43NO6. The Morgan fingerprint density at radius 1 is 1.14 bits per heavy atom. The lowest BCUT2D eigenvalue weighted by atomic mass is 9.72. The number of aliphatic hydroxyl groups excluding tert-OH is 2. The summed E-state index contributed by atoms with van der Waals surface area (Å²) < 4.78 is 17.4. The van der Waals surface area contributed by atoms with Gasteiger partial charge in [-0.05, 0) is 68.8 Å². The van der Waals surface area contributed by atoms with Crippen molar-refractivity contribution in [3.63, 3.8) is 0 Å². The van der Waals surface area contributed by atoms with Crippen molar-refractivity contribution in [2.24, 2.45) is 23.2 Å². The average molecular weight is 514 g/mol. The fourth-order valence-electron chi connectivity index (χ4n) is 8.96. The first-order valence-electron chi connectivity index (χ1n) is 14.6. The summed E-state index contributed by atoms with van der Waals surface area (Å²) >= 11 is 0. The molecule has 0 aromatic heterocycles. The van der Waals surface area contributed by atoms with Gasteiger partial charge in [-0.25, -0.2) is 4.79 Å². The lowest BCUT2D eigenvalue weighted by molar-refractivity contribution is -0.133.